The van der Waals surface area contributed by atoms with Crippen LogP contribution in [-0.2, 0) is 0 Å². The number of nitrogens with one attached hydrogen (secondary N) is 3. The van der Waals surface area contributed by atoms with Gasteiger partial charge in [-0.2, -0.15) is 10.2 Å². The molecular weight excluding hydrogens is 447 g/mol. The Labute approximate surface area is 205 Å². The maximum absolute atomic E-state index is 14.2. The summed E-state index contributed by atoms with van der Waals surface area (Å²) in [4.78, 5) is 10.9. The summed E-state index contributed by atoms with van der Waals surface area (Å²) in [5.74, 6) is 0.983. The molecule has 2 aromatic rings. The molecular formula is C24H33FN10. The van der Waals surface area contributed by atoms with E-state index in [1.165, 1.54) is 6.20 Å². The summed E-state index contributed by atoms with van der Waals surface area (Å²) in [6.45, 7) is 12.5. The summed E-state index contributed by atoms with van der Waals surface area (Å²) in [7, 11) is 0. The molecule has 35 heavy (non-hydrogen) atoms. The maximum atomic E-state index is 14.2. The van der Waals surface area contributed by atoms with E-state index >= 15 is 0 Å². The highest BCUT2D eigenvalue weighted by molar-refractivity contribution is 6.01. The summed E-state index contributed by atoms with van der Waals surface area (Å²) in [5.41, 5.74) is 3.46. The lowest BCUT2D eigenvalue weighted by Gasteiger charge is -2.46. The number of nitrogens with zero attached hydrogens (tertiary/aromatic N) is 7. The molecule has 0 amide bonds. The second kappa shape index (κ2) is 9.28. The first-order valence-corrected chi connectivity index (χ1v) is 11.8. The lowest BCUT2D eigenvalue weighted by Crippen LogP contribution is -2.60. The van der Waals surface area contributed by atoms with Gasteiger partial charge in [-0.15, -0.1) is 0 Å². The molecule has 11 heteroatoms. The second-order valence-electron chi connectivity index (χ2n) is 10.6. The lowest BCUT2D eigenvalue weighted by atomic mass is 9.79. The molecule has 4 rings (SSSR count). The van der Waals surface area contributed by atoms with Crippen LogP contribution in [0.3, 0.4) is 0 Å². The van der Waals surface area contributed by atoms with Gasteiger partial charge < -0.3 is 10.6 Å². The number of hydrazine groups is 2. The monoisotopic (exact) mass is 480 g/mol. The zero-order valence-corrected chi connectivity index (χ0v) is 21.0. The number of piperidine rings is 1. The van der Waals surface area contributed by atoms with Gasteiger partial charge in [0, 0.05) is 23.2 Å². The van der Waals surface area contributed by atoms with Crippen molar-refractivity contribution in [2.45, 2.75) is 77.5 Å². The van der Waals surface area contributed by atoms with Crippen LogP contribution in [-0.4, -0.2) is 49.4 Å². The first-order chi connectivity index (χ1) is 16.5. The Morgan fingerprint density at radius 1 is 1.17 bits per heavy atom. The van der Waals surface area contributed by atoms with Crippen LogP contribution < -0.4 is 21.1 Å². The van der Waals surface area contributed by atoms with Crippen LogP contribution in [0.4, 0.5) is 21.9 Å². The molecule has 1 saturated heterocycles. The molecule has 2 aliphatic rings. The van der Waals surface area contributed by atoms with Crippen molar-refractivity contribution in [3.05, 3.63) is 42.1 Å². The molecule has 0 unspecified atom stereocenters. The molecule has 0 bridgehead atoms. The summed E-state index contributed by atoms with van der Waals surface area (Å²) >= 11 is 0. The largest absolute Gasteiger partial charge is 0.366 e. The topological polar surface area (TPSA) is 108 Å². The number of nitriles is 1. The van der Waals surface area contributed by atoms with Crippen LogP contribution in [0, 0.1) is 11.3 Å². The van der Waals surface area contributed by atoms with Gasteiger partial charge in [-0.3, -0.25) is 5.01 Å². The zero-order chi connectivity index (χ0) is 25.4. The van der Waals surface area contributed by atoms with Crippen LogP contribution in [0.25, 0.3) is 0 Å². The van der Waals surface area contributed by atoms with Crippen LogP contribution in [0.5, 0.6) is 0 Å². The average molecular weight is 481 g/mol. The molecule has 2 aliphatic heterocycles. The number of guanidine groups is 1. The Morgan fingerprint density at radius 3 is 2.43 bits per heavy atom. The smallest absolute Gasteiger partial charge is 0.251 e. The van der Waals surface area contributed by atoms with Crippen molar-refractivity contribution in [3.8, 4) is 6.07 Å². The Morgan fingerprint density at radius 2 is 1.83 bits per heavy atom. The van der Waals surface area contributed by atoms with E-state index in [0.29, 0.717) is 17.1 Å². The SMILES string of the molecule is CC(C)N1NN(F)N=C1N(c1ccccc1)c1ncc(C#N)c(NC2CC(C)(C)NC(C)(C)C2)n1. The minimum atomic E-state index is -0.115. The fraction of sp³-hybridized carbons (Fsp3) is 0.500. The fourth-order valence-electron chi connectivity index (χ4n) is 4.97. The van der Waals surface area contributed by atoms with E-state index < -0.39 is 0 Å². The number of hydrogen-bond acceptors (Lipinski definition) is 10. The highest BCUT2D eigenvalue weighted by Crippen LogP contribution is 2.32. The van der Waals surface area contributed by atoms with E-state index in [-0.39, 0.29) is 40.4 Å². The van der Waals surface area contributed by atoms with E-state index in [0.717, 1.165) is 12.8 Å². The molecule has 0 radical (unpaired) electrons. The van der Waals surface area contributed by atoms with Crippen LogP contribution in [0.1, 0.15) is 59.9 Å². The van der Waals surface area contributed by atoms with Crippen LogP contribution in [0.2, 0.25) is 0 Å². The van der Waals surface area contributed by atoms with E-state index in [2.05, 4.69) is 60.0 Å². The number of halogens is 1. The van der Waals surface area contributed by atoms with Gasteiger partial charge in [0.1, 0.15) is 17.5 Å². The normalized spacial score (nSPS) is 19.5. The fourth-order valence-corrected chi connectivity index (χ4v) is 4.97. The van der Waals surface area contributed by atoms with Gasteiger partial charge in [0.05, 0.1) is 11.9 Å². The van der Waals surface area contributed by atoms with E-state index in [4.69, 9.17) is 4.98 Å². The van der Waals surface area contributed by atoms with Gasteiger partial charge in [-0.05, 0) is 71.9 Å². The zero-order valence-electron chi connectivity index (χ0n) is 21.0. The summed E-state index contributed by atoms with van der Waals surface area (Å²) in [6, 6.07) is 11.6. The van der Waals surface area contributed by atoms with Gasteiger partial charge in [0.15, 0.2) is 0 Å². The molecule has 10 nitrogen and oxygen atoms in total. The van der Waals surface area contributed by atoms with Crippen molar-refractivity contribution in [2.24, 2.45) is 5.10 Å². The van der Waals surface area contributed by atoms with Gasteiger partial charge in [0.2, 0.25) is 5.95 Å². The molecule has 0 saturated carbocycles. The third-order valence-electron chi connectivity index (χ3n) is 5.94. The average Bonchev–Trinajstić information content (AvgIpc) is 3.14. The molecule has 1 fully saturated rings. The Kier molecular flexibility index (Phi) is 6.53. The quantitative estimate of drug-likeness (QED) is 0.551. The number of hydrazone groups is 1. The number of hydrogen-bond donors (Lipinski definition) is 3. The third kappa shape index (κ3) is 5.44. The number of para-hydroxylation sites is 1. The molecule has 0 spiro atoms. The predicted molar refractivity (Wildman–Crippen MR) is 134 cm³/mol. The summed E-state index contributed by atoms with van der Waals surface area (Å²) in [5, 5.41) is 22.7. The first-order valence-electron chi connectivity index (χ1n) is 11.8. The molecule has 0 atom stereocenters. The number of benzene rings is 1. The molecule has 186 valence electrons. The van der Waals surface area contributed by atoms with Gasteiger partial charge >= 0.3 is 0 Å². The van der Waals surface area contributed by atoms with Crippen LogP contribution in [0.15, 0.2) is 41.6 Å². The van der Waals surface area contributed by atoms with Crippen molar-refractivity contribution in [3.63, 3.8) is 0 Å². The third-order valence-corrected chi connectivity index (χ3v) is 5.94. The number of aromatic nitrogens is 2. The van der Waals surface area contributed by atoms with Crippen molar-refractivity contribution in [2.75, 3.05) is 10.2 Å². The van der Waals surface area contributed by atoms with Crippen molar-refractivity contribution >= 4 is 23.4 Å². The minimum Gasteiger partial charge on any atom is -0.366 e. The minimum absolute atomic E-state index is 0.0786. The van der Waals surface area contributed by atoms with Crippen molar-refractivity contribution in [1.82, 2.24) is 31.2 Å². The molecule has 1 aromatic carbocycles. The van der Waals surface area contributed by atoms with E-state index in [1.54, 1.807) is 9.91 Å². The standard InChI is InChI=1S/C24H33FN10/c1-16(2)34-22(30-35(25)32-34)33(19-10-8-7-9-11-19)21-27-15-17(14-26)20(29-21)28-18-12-23(3,4)31-24(5,6)13-18/h7-11,15-16,18,31-32H,12-13H2,1-6H3,(H,27,28,29). The second-order valence-corrected chi connectivity index (χ2v) is 10.6. The summed E-state index contributed by atoms with van der Waals surface area (Å²) < 4.78 is 14.2. The van der Waals surface area contributed by atoms with E-state index in [1.807, 2.05) is 44.2 Å². The highest BCUT2D eigenvalue weighted by Gasteiger charge is 2.38. The molecule has 3 N–H and O–H groups in total. The number of anilines is 3. The van der Waals surface area contributed by atoms with E-state index in [9.17, 15) is 9.74 Å². The maximum Gasteiger partial charge on any atom is 0.251 e. The molecule has 1 aromatic heterocycles. The lowest BCUT2D eigenvalue weighted by molar-refractivity contribution is -0.0692. The van der Waals surface area contributed by atoms with Crippen LogP contribution >= 0.6 is 0 Å². The highest BCUT2D eigenvalue weighted by atomic mass is 19.2. The predicted octanol–water partition coefficient (Wildman–Crippen LogP) is 3.81. The molecule has 0 aliphatic carbocycles. The van der Waals surface area contributed by atoms with Gasteiger partial charge in [-0.1, -0.05) is 33.3 Å². The van der Waals surface area contributed by atoms with Crippen molar-refractivity contribution < 1.29 is 4.48 Å². The Bertz CT molecular complexity index is 1110. The molecule has 3 heterocycles. The first kappa shape index (κ1) is 24.6. The Hall–Kier alpha value is -3.49. The summed E-state index contributed by atoms with van der Waals surface area (Å²) in [6.07, 6.45) is 3.21. The van der Waals surface area contributed by atoms with Gasteiger partial charge in [-0.25, -0.2) is 9.88 Å². The van der Waals surface area contributed by atoms with Crippen molar-refractivity contribution in [1.29, 1.82) is 5.26 Å². The Balaban J connectivity index is 1.75. The number of rotatable bonds is 5. The van der Waals surface area contributed by atoms with Gasteiger partial charge in [0.25, 0.3) is 5.96 Å².